The zero-order valence-corrected chi connectivity index (χ0v) is 12.8. The number of carbonyl (C=O) groups excluding carboxylic acids is 1. The number of hydrogen-bond acceptors (Lipinski definition) is 2. The maximum Gasteiger partial charge on any atom is 0.275 e. The standard InChI is InChI=1S/C18H12F2N4O/c19-13-2-1-3-14(17(13)20)23-18(25)15-10-24-9-12(4-5-16(24)22-15)11-6-7-21-8-11/h1-10,21H,(H,23,25). The lowest BCUT2D eigenvalue weighted by Gasteiger charge is -2.04. The highest BCUT2D eigenvalue weighted by Gasteiger charge is 2.15. The molecule has 0 aliphatic heterocycles. The van der Waals surface area contributed by atoms with Gasteiger partial charge in [-0.15, -0.1) is 0 Å². The third-order valence-corrected chi connectivity index (χ3v) is 3.81. The summed E-state index contributed by atoms with van der Waals surface area (Å²) in [5, 5.41) is 2.34. The molecule has 0 radical (unpaired) electrons. The predicted molar refractivity (Wildman–Crippen MR) is 89.3 cm³/mol. The number of anilines is 1. The lowest BCUT2D eigenvalue weighted by Crippen LogP contribution is -2.13. The van der Waals surface area contributed by atoms with Gasteiger partial charge in [0.15, 0.2) is 11.6 Å². The van der Waals surface area contributed by atoms with Crippen LogP contribution in [0.1, 0.15) is 10.5 Å². The van der Waals surface area contributed by atoms with E-state index < -0.39 is 17.5 Å². The molecule has 3 aromatic heterocycles. The largest absolute Gasteiger partial charge is 0.367 e. The highest BCUT2D eigenvalue weighted by Crippen LogP contribution is 2.21. The number of halogens is 2. The number of aromatic nitrogens is 3. The van der Waals surface area contributed by atoms with Crippen LogP contribution in [0.4, 0.5) is 14.5 Å². The maximum atomic E-state index is 13.7. The van der Waals surface area contributed by atoms with E-state index in [4.69, 9.17) is 0 Å². The summed E-state index contributed by atoms with van der Waals surface area (Å²) in [5.74, 6) is -2.74. The summed E-state index contributed by atoms with van der Waals surface area (Å²) < 4.78 is 28.6. The average molecular weight is 338 g/mol. The van der Waals surface area contributed by atoms with E-state index in [1.165, 1.54) is 18.3 Å². The van der Waals surface area contributed by atoms with E-state index in [-0.39, 0.29) is 11.4 Å². The first-order valence-corrected chi connectivity index (χ1v) is 7.49. The van der Waals surface area contributed by atoms with Crippen molar-refractivity contribution in [3.05, 3.63) is 78.5 Å². The molecule has 0 saturated carbocycles. The Kier molecular flexibility index (Phi) is 3.53. The molecule has 1 amide bonds. The first-order chi connectivity index (χ1) is 12.1. The average Bonchev–Trinajstić information content (AvgIpc) is 3.27. The van der Waals surface area contributed by atoms with Gasteiger partial charge in [0.05, 0.1) is 5.69 Å². The Morgan fingerprint density at radius 3 is 2.76 bits per heavy atom. The number of fused-ring (bicyclic) bond motifs is 1. The Morgan fingerprint density at radius 2 is 1.96 bits per heavy atom. The number of aromatic amines is 1. The van der Waals surface area contributed by atoms with Gasteiger partial charge in [0.2, 0.25) is 0 Å². The molecular weight excluding hydrogens is 326 g/mol. The smallest absolute Gasteiger partial charge is 0.275 e. The molecule has 0 aliphatic rings. The van der Waals surface area contributed by atoms with Gasteiger partial charge in [0.1, 0.15) is 11.3 Å². The Hall–Kier alpha value is -3.48. The number of nitrogens with one attached hydrogen (secondary N) is 2. The molecule has 0 fully saturated rings. The van der Waals surface area contributed by atoms with Crippen molar-refractivity contribution in [2.75, 3.05) is 5.32 Å². The zero-order chi connectivity index (χ0) is 17.4. The number of rotatable bonds is 3. The molecule has 4 rings (SSSR count). The normalized spacial score (nSPS) is 11.0. The van der Waals surface area contributed by atoms with Crippen LogP contribution in [0.2, 0.25) is 0 Å². The molecule has 0 spiro atoms. The van der Waals surface area contributed by atoms with Gasteiger partial charge in [-0.2, -0.15) is 0 Å². The first kappa shape index (κ1) is 15.1. The summed E-state index contributed by atoms with van der Waals surface area (Å²) in [6.45, 7) is 0. The highest BCUT2D eigenvalue weighted by molar-refractivity contribution is 6.03. The minimum atomic E-state index is -1.10. The second-order valence-electron chi connectivity index (χ2n) is 5.46. The molecule has 3 heterocycles. The zero-order valence-electron chi connectivity index (χ0n) is 12.8. The van der Waals surface area contributed by atoms with E-state index in [0.717, 1.165) is 17.2 Å². The fourth-order valence-corrected chi connectivity index (χ4v) is 2.56. The molecular formula is C18H12F2N4O. The molecule has 0 aliphatic carbocycles. The van der Waals surface area contributed by atoms with Gasteiger partial charge in [-0.25, -0.2) is 13.8 Å². The lowest BCUT2D eigenvalue weighted by molar-refractivity contribution is 0.102. The molecule has 7 heteroatoms. The van der Waals surface area contributed by atoms with Gasteiger partial charge in [0, 0.05) is 30.4 Å². The summed E-state index contributed by atoms with van der Waals surface area (Å²) in [6.07, 6.45) is 7.06. The van der Waals surface area contributed by atoms with Crippen molar-refractivity contribution in [2.24, 2.45) is 0 Å². The lowest BCUT2D eigenvalue weighted by atomic mass is 10.1. The van der Waals surface area contributed by atoms with Crippen molar-refractivity contribution in [1.29, 1.82) is 0 Å². The minimum absolute atomic E-state index is 0.106. The second-order valence-corrected chi connectivity index (χ2v) is 5.46. The van der Waals surface area contributed by atoms with Crippen LogP contribution < -0.4 is 5.32 Å². The van der Waals surface area contributed by atoms with Crippen molar-refractivity contribution in [3.63, 3.8) is 0 Å². The van der Waals surface area contributed by atoms with Gasteiger partial charge in [-0.1, -0.05) is 6.07 Å². The van der Waals surface area contributed by atoms with Gasteiger partial charge < -0.3 is 14.7 Å². The highest BCUT2D eigenvalue weighted by atomic mass is 19.2. The number of pyridine rings is 1. The number of nitrogens with zero attached hydrogens (tertiary/aromatic N) is 2. The van der Waals surface area contributed by atoms with Crippen LogP contribution in [-0.4, -0.2) is 20.3 Å². The number of hydrogen-bond donors (Lipinski definition) is 2. The van der Waals surface area contributed by atoms with Gasteiger partial charge in [0.25, 0.3) is 5.91 Å². The Labute approximate surface area is 140 Å². The quantitative estimate of drug-likeness (QED) is 0.596. The predicted octanol–water partition coefficient (Wildman–Crippen LogP) is 3.86. The summed E-state index contributed by atoms with van der Waals surface area (Å²) in [7, 11) is 0. The number of benzene rings is 1. The molecule has 5 nitrogen and oxygen atoms in total. The van der Waals surface area contributed by atoms with Crippen LogP contribution in [0.25, 0.3) is 16.8 Å². The maximum absolute atomic E-state index is 13.7. The molecule has 124 valence electrons. The van der Waals surface area contributed by atoms with Crippen LogP contribution in [-0.2, 0) is 0 Å². The third-order valence-electron chi connectivity index (χ3n) is 3.81. The van der Waals surface area contributed by atoms with Gasteiger partial charge >= 0.3 is 0 Å². The number of amides is 1. The SMILES string of the molecule is O=C(Nc1cccc(F)c1F)c1cn2cc(-c3cc[nH]c3)ccc2n1. The van der Waals surface area contributed by atoms with Crippen LogP contribution in [0.3, 0.4) is 0 Å². The number of H-pyrrole nitrogens is 1. The summed E-state index contributed by atoms with van der Waals surface area (Å²) in [5.41, 5.74) is 2.41. The van der Waals surface area contributed by atoms with Gasteiger partial charge in [-0.05, 0) is 35.9 Å². The van der Waals surface area contributed by atoms with E-state index >= 15 is 0 Å². The summed E-state index contributed by atoms with van der Waals surface area (Å²) in [6, 6.07) is 9.19. The van der Waals surface area contributed by atoms with E-state index in [9.17, 15) is 13.6 Å². The fraction of sp³-hybridized carbons (Fsp3) is 0. The van der Waals surface area contributed by atoms with E-state index in [1.807, 2.05) is 30.7 Å². The third kappa shape index (κ3) is 2.76. The molecule has 0 atom stereocenters. The first-order valence-electron chi connectivity index (χ1n) is 7.49. The summed E-state index contributed by atoms with van der Waals surface area (Å²) >= 11 is 0. The van der Waals surface area contributed by atoms with Crippen molar-refractivity contribution >= 4 is 17.2 Å². The van der Waals surface area contributed by atoms with Crippen molar-refractivity contribution in [1.82, 2.24) is 14.4 Å². The van der Waals surface area contributed by atoms with Crippen molar-refractivity contribution < 1.29 is 13.6 Å². The Bertz CT molecular complexity index is 1070. The molecule has 25 heavy (non-hydrogen) atoms. The Morgan fingerprint density at radius 1 is 1.08 bits per heavy atom. The molecule has 2 N–H and O–H groups in total. The van der Waals surface area contributed by atoms with E-state index in [2.05, 4.69) is 15.3 Å². The molecule has 0 unspecified atom stereocenters. The molecule has 0 bridgehead atoms. The fourth-order valence-electron chi connectivity index (χ4n) is 2.56. The number of imidazole rings is 1. The van der Waals surface area contributed by atoms with Gasteiger partial charge in [-0.3, -0.25) is 4.79 Å². The van der Waals surface area contributed by atoms with Crippen molar-refractivity contribution in [2.45, 2.75) is 0 Å². The Balaban J connectivity index is 1.65. The van der Waals surface area contributed by atoms with Crippen LogP contribution in [0.5, 0.6) is 0 Å². The van der Waals surface area contributed by atoms with E-state index in [1.54, 1.807) is 10.5 Å². The van der Waals surface area contributed by atoms with Crippen LogP contribution in [0.15, 0.2) is 61.2 Å². The van der Waals surface area contributed by atoms with Crippen LogP contribution in [0, 0.1) is 11.6 Å². The van der Waals surface area contributed by atoms with Crippen LogP contribution >= 0.6 is 0 Å². The second kappa shape index (κ2) is 5.86. The molecule has 1 aromatic carbocycles. The monoisotopic (exact) mass is 338 g/mol. The topological polar surface area (TPSA) is 62.2 Å². The molecule has 0 saturated heterocycles. The number of carbonyl (C=O) groups is 1. The molecule has 4 aromatic rings. The van der Waals surface area contributed by atoms with Crippen molar-refractivity contribution in [3.8, 4) is 11.1 Å². The van der Waals surface area contributed by atoms with E-state index in [0.29, 0.717) is 5.65 Å². The minimum Gasteiger partial charge on any atom is -0.367 e. The summed E-state index contributed by atoms with van der Waals surface area (Å²) in [4.78, 5) is 19.5.